The maximum Gasteiger partial charge on any atom is 0.0464 e. The predicted molar refractivity (Wildman–Crippen MR) is 164 cm³/mol. The Bertz CT molecular complexity index is 1920. The van der Waals surface area contributed by atoms with E-state index in [4.69, 9.17) is 0 Å². The van der Waals surface area contributed by atoms with Gasteiger partial charge in [-0.15, -0.1) is 0 Å². The van der Waals surface area contributed by atoms with Crippen LogP contribution in [0.4, 0.5) is 22.7 Å². The largest absolute Gasteiger partial charge is 0.355 e. The van der Waals surface area contributed by atoms with Crippen LogP contribution in [-0.2, 0) is 0 Å². The van der Waals surface area contributed by atoms with E-state index in [0.717, 1.165) is 22.7 Å². The minimum atomic E-state index is 1.08. The Morgan fingerprint density at radius 3 is 1.84 bits per heavy atom. The molecule has 38 heavy (non-hydrogen) atoms. The topological polar surface area (TPSA) is 24.1 Å². The molecule has 0 radical (unpaired) electrons. The van der Waals surface area contributed by atoms with Gasteiger partial charge in [0.2, 0.25) is 0 Å². The fourth-order valence-corrected chi connectivity index (χ4v) is 5.35. The fraction of sp³-hybridized carbons (Fsp3) is 0. The third-order valence-electron chi connectivity index (χ3n) is 7.19. The van der Waals surface area contributed by atoms with E-state index in [0.29, 0.717) is 0 Å². The van der Waals surface area contributed by atoms with Crippen molar-refractivity contribution in [2.75, 3.05) is 10.6 Å². The van der Waals surface area contributed by atoms with Gasteiger partial charge in [0, 0.05) is 28.1 Å². The zero-order chi connectivity index (χ0) is 25.3. The third-order valence-corrected chi connectivity index (χ3v) is 7.19. The molecule has 0 spiro atoms. The van der Waals surface area contributed by atoms with Crippen molar-refractivity contribution in [1.82, 2.24) is 0 Å². The predicted octanol–water partition coefficient (Wildman–Crippen LogP) is 10.3. The van der Waals surface area contributed by atoms with Crippen molar-refractivity contribution in [1.29, 1.82) is 0 Å². The molecule has 0 aliphatic heterocycles. The number of benzene rings is 7. The number of fused-ring (bicyclic) bond motifs is 3. The SMILES string of the molecule is c1ccc(Nc2ccc(-c3cccc4cc(Nc5ccc6ccccc6c5)ccc34)c3ccccc23)cc1. The van der Waals surface area contributed by atoms with Gasteiger partial charge < -0.3 is 10.6 Å². The monoisotopic (exact) mass is 486 g/mol. The van der Waals surface area contributed by atoms with Gasteiger partial charge in [0.15, 0.2) is 0 Å². The van der Waals surface area contributed by atoms with Gasteiger partial charge >= 0.3 is 0 Å². The molecule has 180 valence electrons. The molecule has 7 rings (SSSR count). The molecule has 0 unspecified atom stereocenters. The van der Waals surface area contributed by atoms with Gasteiger partial charge in [-0.2, -0.15) is 0 Å². The molecule has 0 heterocycles. The van der Waals surface area contributed by atoms with Gasteiger partial charge in [0.1, 0.15) is 0 Å². The standard InChI is InChI=1S/C36H26N2/c1-2-12-28(13-3-1)38-36-22-21-34(33-14-6-7-15-35(33)36)32-16-8-11-27-24-30(19-20-31(27)32)37-29-18-17-25-9-4-5-10-26(25)23-29/h1-24,37-38H. The first-order valence-electron chi connectivity index (χ1n) is 12.9. The van der Waals surface area contributed by atoms with Crippen LogP contribution >= 0.6 is 0 Å². The smallest absolute Gasteiger partial charge is 0.0464 e. The van der Waals surface area contributed by atoms with Crippen LogP contribution in [0, 0.1) is 0 Å². The number of anilines is 4. The first kappa shape index (κ1) is 22.1. The molecule has 2 heteroatoms. The summed E-state index contributed by atoms with van der Waals surface area (Å²) in [5.74, 6) is 0. The maximum atomic E-state index is 3.60. The highest BCUT2D eigenvalue weighted by atomic mass is 14.9. The number of rotatable bonds is 5. The van der Waals surface area contributed by atoms with E-state index in [9.17, 15) is 0 Å². The lowest BCUT2D eigenvalue weighted by Gasteiger charge is -2.15. The highest BCUT2D eigenvalue weighted by molar-refractivity contribution is 6.09. The summed E-state index contributed by atoms with van der Waals surface area (Å²) in [6.07, 6.45) is 0. The van der Waals surface area contributed by atoms with Crippen molar-refractivity contribution in [2.24, 2.45) is 0 Å². The average molecular weight is 487 g/mol. The van der Waals surface area contributed by atoms with Gasteiger partial charge in [0.05, 0.1) is 0 Å². The Hall–Kier alpha value is -5.08. The number of para-hydroxylation sites is 1. The minimum Gasteiger partial charge on any atom is -0.355 e. The summed E-state index contributed by atoms with van der Waals surface area (Å²) in [6.45, 7) is 0. The van der Waals surface area contributed by atoms with E-state index in [1.165, 1.54) is 43.4 Å². The lowest BCUT2D eigenvalue weighted by molar-refractivity contribution is 1.57. The molecular weight excluding hydrogens is 460 g/mol. The number of hydrogen-bond acceptors (Lipinski definition) is 2. The van der Waals surface area contributed by atoms with E-state index in [-0.39, 0.29) is 0 Å². The van der Waals surface area contributed by atoms with Crippen LogP contribution in [0.25, 0.3) is 43.4 Å². The summed E-state index contributed by atoms with van der Waals surface area (Å²) in [5, 5.41) is 14.6. The summed E-state index contributed by atoms with van der Waals surface area (Å²) in [4.78, 5) is 0. The zero-order valence-corrected chi connectivity index (χ0v) is 20.9. The van der Waals surface area contributed by atoms with Crippen LogP contribution in [0.3, 0.4) is 0 Å². The van der Waals surface area contributed by atoms with Gasteiger partial charge in [-0.3, -0.25) is 0 Å². The van der Waals surface area contributed by atoms with Crippen LogP contribution < -0.4 is 10.6 Å². The van der Waals surface area contributed by atoms with E-state index in [1.807, 2.05) is 6.07 Å². The van der Waals surface area contributed by atoms with Crippen LogP contribution in [0.2, 0.25) is 0 Å². The van der Waals surface area contributed by atoms with Crippen LogP contribution in [-0.4, -0.2) is 0 Å². The maximum absolute atomic E-state index is 3.60. The van der Waals surface area contributed by atoms with Gasteiger partial charge in [-0.1, -0.05) is 103 Å². The van der Waals surface area contributed by atoms with Crippen LogP contribution in [0.5, 0.6) is 0 Å². The molecule has 0 saturated carbocycles. The molecule has 2 nitrogen and oxygen atoms in total. The Kier molecular flexibility index (Phi) is 5.49. The Labute approximate surface area is 222 Å². The lowest BCUT2D eigenvalue weighted by atomic mass is 9.93. The third kappa shape index (κ3) is 4.12. The molecule has 0 aliphatic rings. The first-order chi connectivity index (χ1) is 18.8. The van der Waals surface area contributed by atoms with Crippen molar-refractivity contribution in [3.63, 3.8) is 0 Å². The molecule has 0 aliphatic carbocycles. The highest BCUT2D eigenvalue weighted by Gasteiger charge is 2.11. The first-order valence-corrected chi connectivity index (χ1v) is 12.9. The van der Waals surface area contributed by atoms with Crippen molar-refractivity contribution >= 4 is 55.1 Å². The van der Waals surface area contributed by atoms with Crippen LogP contribution in [0.1, 0.15) is 0 Å². The highest BCUT2D eigenvalue weighted by Crippen LogP contribution is 2.38. The Morgan fingerprint density at radius 1 is 0.316 bits per heavy atom. The molecule has 0 bridgehead atoms. The quantitative estimate of drug-likeness (QED) is 0.253. The Balaban J connectivity index is 1.27. The molecule has 7 aromatic rings. The molecule has 0 fully saturated rings. The second kappa shape index (κ2) is 9.42. The van der Waals surface area contributed by atoms with Crippen molar-refractivity contribution in [3.05, 3.63) is 146 Å². The molecule has 0 atom stereocenters. The molecule has 0 amide bonds. The molecule has 2 N–H and O–H groups in total. The lowest BCUT2D eigenvalue weighted by Crippen LogP contribution is -1.93. The second-order valence-corrected chi connectivity index (χ2v) is 9.63. The summed E-state index contributed by atoms with van der Waals surface area (Å²) in [5.41, 5.74) is 6.84. The molecule has 7 aromatic carbocycles. The summed E-state index contributed by atoms with van der Waals surface area (Å²) in [6, 6.07) is 51.6. The summed E-state index contributed by atoms with van der Waals surface area (Å²) in [7, 11) is 0. The van der Waals surface area contributed by atoms with E-state index >= 15 is 0 Å². The second-order valence-electron chi connectivity index (χ2n) is 9.63. The van der Waals surface area contributed by atoms with Gasteiger partial charge in [-0.25, -0.2) is 0 Å². The normalized spacial score (nSPS) is 11.2. The molecular formula is C36H26N2. The van der Waals surface area contributed by atoms with Crippen LogP contribution in [0.15, 0.2) is 146 Å². The number of hydrogen-bond donors (Lipinski definition) is 2. The van der Waals surface area contributed by atoms with E-state index < -0.39 is 0 Å². The van der Waals surface area contributed by atoms with Gasteiger partial charge in [-0.05, 0) is 80.5 Å². The van der Waals surface area contributed by atoms with Crippen molar-refractivity contribution < 1.29 is 0 Å². The average Bonchev–Trinajstić information content (AvgIpc) is 2.97. The summed E-state index contributed by atoms with van der Waals surface area (Å²) >= 11 is 0. The minimum absolute atomic E-state index is 1.08. The van der Waals surface area contributed by atoms with E-state index in [1.54, 1.807) is 0 Å². The number of nitrogens with one attached hydrogen (secondary N) is 2. The molecule has 0 aromatic heterocycles. The fourth-order valence-electron chi connectivity index (χ4n) is 5.35. The van der Waals surface area contributed by atoms with E-state index in [2.05, 4.69) is 150 Å². The Morgan fingerprint density at radius 2 is 0.974 bits per heavy atom. The summed E-state index contributed by atoms with van der Waals surface area (Å²) < 4.78 is 0. The zero-order valence-electron chi connectivity index (χ0n) is 20.9. The van der Waals surface area contributed by atoms with Gasteiger partial charge in [0.25, 0.3) is 0 Å². The van der Waals surface area contributed by atoms with Crippen molar-refractivity contribution in [3.8, 4) is 11.1 Å². The van der Waals surface area contributed by atoms with Crippen molar-refractivity contribution in [2.45, 2.75) is 0 Å². The molecule has 0 saturated heterocycles.